The van der Waals surface area contributed by atoms with Crippen LogP contribution in [0.2, 0.25) is 0 Å². The Morgan fingerprint density at radius 3 is 1.24 bits per heavy atom. The molecule has 17 heavy (non-hydrogen) atoms. The highest BCUT2D eigenvalue weighted by atomic mass is 127. The van der Waals surface area contributed by atoms with E-state index in [2.05, 4.69) is 149 Å². The molecule has 0 bridgehead atoms. The molecule has 0 heterocycles. The van der Waals surface area contributed by atoms with E-state index in [0.29, 0.717) is 0 Å². The van der Waals surface area contributed by atoms with Crippen LogP contribution >= 0.6 is 136 Å². The van der Waals surface area contributed by atoms with Gasteiger partial charge in [-0.05, 0) is 148 Å². The van der Waals surface area contributed by atoms with Gasteiger partial charge in [-0.3, -0.25) is 0 Å². The second-order valence-corrected chi connectivity index (χ2v) is 13.9. The van der Waals surface area contributed by atoms with Gasteiger partial charge in [0.25, 0.3) is 0 Å². The molecular formula is C10H12I6O. The van der Waals surface area contributed by atoms with E-state index in [1.54, 1.807) is 0 Å². The van der Waals surface area contributed by atoms with Crippen molar-refractivity contribution in [3.05, 3.63) is 10.3 Å². The van der Waals surface area contributed by atoms with Gasteiger partial charge in [0.2, 0.25) is 0 Å². The van der Waals surface area contributed by atoms with Gasteiger partial charge in [0.15, 0.2) is 0 Å². The molecule has 0 aliphatic heterocycles. The Morgan fingerprint density at radius 1 is 0.765 bits per heavy atom. The molecular weight excluding hydrogens is 898 g/mol. The predicted octanol–water partition coefficient (Wildman–Crippen LogP) is 7.51. The zero-order chi connectivity index (χ0) is 13.6. The molecule has 0 spiro atoms. The van der Waals surface area contributed by atoms with Gasteiger partial charge in [-0.2, -0.15) is 0 Å². The zero-order valence-corrected chi connectivity index (χ0v) is 22.2. The third kappa shape index (κ3) is 8.13. The maximum absolute atomic E-state index is 6.25. The Hall–Kier alpha value is 3.82. The van der Waals surface area contributed by atoms with Crippen molar-refractivity contribution < 1.29 is 4.74 Å². The minimum absolute atomic E-state index is 0.223. The molecule has 0 fully saturated rings. The summed E-state index contributed by atoms with van der Waals surface area (Å²) in [6, 6.07) is 0. The van der Waals surface area contributed by atoms with Crippen molar-refractivity contribution in [1.82, 2.24) is 0 Å². The van der Waals surface area contributed by atoms with Crippen molar-refractivity contribution in [2.75, 3.05) is 0 Å². The molecule has 0 aromatic rings. The summed E-state index contributed by atoms with van der Waals surface area (Å²) in [5, 5.41) is 0. The third-order valence-corrected chi connectivity index (χ3v) is 10.9. The lowest BCUT2D eigenvalue weighted by molar-refractivity contribution is 0.0357. The third-order valence-electron chi connectivity index (χ3n) is 2.00. The van der Waals surface area contributed by atoms with Gasteiger partial charge >= 0.3 is 0 Å². The highest BCUT2D eigenvalue weighted by Gasteiger charge is 2.21. The quantitative estimate of drug-likeness (QED) is 0.251. The van der Waals surface area contributed by atoms with Crippen LogP contribution in [0.3, 0.4) is 0 Å². The Balaban J connectivity index is 4.89. The average Bonchev–Trinajstić information content (AvgIpc) is 2.28. The minimum atomic E-state index is 0.223. The molecule has 0 aromatic heterocycles. The number of halogens is 6. The molecule has 7 heteroatoms. The van der Waals surface area contributed by atoms with Gasteiger partial charge in [-0.15, -0.1) is 0 Å². The van der Waals surface area contributed by atoms with E-state index in [9.17, 15) is 0 Å². The molecule has 0 aliphatic carbocycles. The van der Waals surface area contributed by atoms with E-state index in [1.165, 1.54) is 10.3 Å². The van der Waals surface area contributed by atoms with Gasteiger partial charge in [-0.25, -0.2) is 0 Å². The molecule has 0 saturated heterocycles. The monoisotopic (exact) mass is 910 g/mol. The number of hydrogen-bond donors (Lipinski definition) is 0. The molecule has 2 unspecified atom stereocenters. The van der Waals surface area contributed by atoms with Crippen LogP contribution in [0.25, 0.3) is 0 Å². The van der Waals surface area contributed by atoms with E-state index in [0.717, 1.165) is 12.8 Å². The molecule has 2 atom stereocenters. The summed E-state index contributed by atoms with van der Waals surface area (Å²) in [4.78, 5) is 0. The van der Waals surface area contributed by atoms with E-state index in [1.807, 2.05) is 0 Å². The zero-order valence-electron chi connectivity index (χ0n) is 9.24. The second kappa shape index (κ2) is 11.4. The van der Waals surface area contributed by atoms with Gasteiger partial charge < -0.3 is 4.74 Å². The SMILES string of the molecule is CCC(OC(CC)C(I)=C(I)I)C(I)=C(I)I. The van der Waals surface area contributed by atoms with Crippen molar-refractivity contribution in [3.63, 3.8) is 0 Å². The highest BCUT2D eigenvalue weighted by molar-refractivity contribution is 14.2. The maximum Gasteiger partial charge on any atom is 0.0902 e. The predicted molar refractivity (Wildman–Crippen MR) is 127 cm³/mol. The standard InChI is InChI=1S/C10H12I6O/c1-3-5(7(11)9(13)14)17-6(4-2)8(12)10(15)16/h5-6H,3-4H2,1-2H3. The summed E-state index contributed by atoms with van der Waals surface area (Å²) in [7, 11) is 0. The van der Waals surface area contributed by atoms with Gasteiger partial charge in [0.1, 0.15) is 0 Å². The molecule has 0 radical (unpaired) electrons. The van der Waals surface area contributed by atoms with Crippen molar-refractivity contribution in [3.8, 4) is 0 Å². The van der Waals surface area contributed by atoms with Gasteiger partial charge in [-0.1, -0.05) is 13.8 Å². The summed E-state index contributed by atoms with van der Waals surface area (Å²) in [5.74, 6) is 0. The fourth-order valence-corrected chi connectivity index (χ4v) is 3.68. The second-order valence-electron chi connectivity index (χ2n) is 3.15. The fraction of sp³-hybridized carbons (Fsp3) is 0.600. The van der Waals surface area contributed by atoms with Gasteiger partial charge in [0, 0.05) is 7.16 Å². The van der Waals surface area contributed by atoms with Crippen LogP contribution in [0.15, 0.2) is 10.3 Å². The first-order valence-corrected chi connectivity index (χ1v) is 11.4. The summed E-state index contributed by atoms with van der Waals surface area (Å²) < 4.78 is 11.5. The first-order valence-electron chi connectivity index (χ1n) is 4.91. The maximum atomic E-state index is 6.25. The number of ether oxygens (including phenoxy) is 1. The topological polar surface area (TPSA) is 9.23 Å². The molecule has 100 valence electrons. The lowest BCUT2D eigenvalue weighted by Gasteiger charge is -2.23. The summed E-state index contributed by atoms with van der Waals surface area (Å²) in [6.45, 7) is 4.36. The van der Waals surface area contributed by atoms with Crippen molar-refractivity contribution in [2.24, 2.45) is 0 Å². The first kappa shape index (κ1) is 20.8. The van der Waals surface area contributed by atoms with Crippen LogP contribution in [0.4, 0.5) is 0 Å². The Labute approximate surface area is 185 Å². The smallest absolute Gasteiger partial charge is 0.0902 e. The largest absolute Gasteiger partial charge is 0.365 e. The molecule has 1 nitrogen and oxygen atoms in total. The van der Waals surface area contributed by atoms with Crippen LogP contribution in [-0.2, 0) is 4.74 Å². The van der Waals surface area contributed by atoms with Crippen LogP contribution in [0.1, 0.15) is 26.7 Å². The van der Waals surface area contributed by atoms with Crippen LogP contribution in [0.5, 0.6) is 0 Å². The van der Waals surface area contributed by atoms with Crippen LogP contribution in [0, 0.1) is 0 Å². The fourth-order valence-electron chi connectivity index (χ4n) is 1.11. The van der Waals surface area contributed by atoms with Gasteiger partial charge in [0.05, 0.1) is 15.4 Å². The normalized spacial score (nSPS) is 14.1. The van der Waals surface area contributed by atoms with E-state index in [-0.39, 0.29) is 12.2 Å². The molecule has 0 rings (SSSR count). The molecule has 0 aliphatic rings. The lowest BCUT2D eigenvalue weighted by atomic mass is 10.2. The number of hydrogen-bond acceptors (Lipinski definition) is 1. The van der Waals surface area contributed by atoms with Crippen molar-refractivity contribution in [1.29, 1.82) is 0 Å². The van der Waals surface area contributed by atoms with E-state index < -0.39 is 0 Å². The molecule has 0 saturated carbocycles. The average molecular weight is 910 g/mol. The molecule has 0 aromatic carbocycles. The van der Waals surface area contributed by atoms with E-state index >= 15 is 0 Å². The van der Waals surface area contributed by atoms with Crippen molar-refractivity contribution in [2.45, 2.75) is 38.9 Å². The Bertz CT molecular complexity index is 274. The summed E-state index contributed by atoms with van der Waals surface area (Å²) in [5.41, 5.74) is 0. The highest BCUT2D eigenvalue weighted by Crippen LogP contribution is 2.35. The number of rotatable bonds is 6. The van der Waals surface area contributed by atoms with Crippen LogP contribution < -0.4 is 0 Å². The Morgan fingerprint density at radius 2 is 1.06 bits per heavy atom. The lowest BCUT2D eigenvalue weighted by Crippen LogP contribution is -2.22. The summed E-state index contributed by atoms with van der Waals surface area (Å²) in [6.07, 6.45) is 2.49. The molecule has 0 amide bonds. The van der Waals surface area contributed by atoms with E-state index in [4.69, 9.17) is 4.74 Å². The Kier molecular flexibility index (Phi) is 14.0. The van der Waals surface area contributed by atoms with Crippen molar-refractivity contribution >= 4 is 136 Å². The first-order chi connectivity index (χ1) is 7.84. The van der Waals surface area contributed by atoms with Crippen LogP contribution in [-0.4, -0.2) is 12.2 Å². The minimum Gasteiger partial charge on any atom is -0.365 e. The summed E-state index contributed by atoms with van der Waals surface area (Å²) >= 11 is 14.2. The molecule has 0 N–H and O–H groups in total.